The Kier molecular flexibility index (Phi) is 4.33. The average Bonchev–Trinajstić information content (AvgIpc) is 3.17. The van der Waals surface area contributed by atoms with E-state index >= 15 is 0 Å². The van der Waals surface area contributed by atoms with Gasteiger partial charge in [-0.25, -0.2) is 13.1 Å². The maximum Gasteiger partial charge on any atom is 0.294 e. The van der Waals surface area contributed by atoms with E-state index in [1.54, 1.807) is 23.1 Å². The number of hydrogen-bond donors (Lipinski definition) is 1. The number of piperazine rings is 1. The zero-order valence-electron chi connectivity index (χ0n) is 16.3. The Morgan fingerprint density at radius 1 is 1.07 bits per heavy atom. The van der Waals surface area contributed by atoms with Crippen LogP contribution in [0.4, 0.5) is 5.95 Å². The van der Waals surface area contributed by atoms with Gasteiger partial charge in [-0.3, -0.25) is 4.79 Å². The van der Waals surface area contributed by atoms with Crippen molar-refractivity contribution in [1.29, 1.82) is 0 Å². The molecular weight excluding hydrogens is 404 g/mol. The Balaban J connectivity index is 1.53. The molecule has 9 nitrogen and oxygen atoms in total. The van der Waals surface area contributed by atoms with Gasteiger partial charge in [-0.05, 0) is 24.7 Å². The predicted molar refractivity (Wildman–Crippen MR) is 110 cm³/mol. The number of hydrogen-bond acceptors (Lipinski definition) is 6. The molecule has 0 spiro atoms. The van der Waals surface area contributed by atoms with Crippen molar-refractivity contribution in [1.82, 2.24) is 24.6 Å². The number of anilines is 1. The standard InChI is InChI=1S/C20H20N6O3S/c1-24-11-12-25(16(13-24)14-7-3-2-4-8-14)19(27)18-21-20-23-30(28,29)17-10-6-5-9-15(17)26(20)22-18/h2-10,16H,11-13H2,1H3,(H,21,22,23). The van der Waals surface area contributed by atoms with E-state index in [4.69, 9.17) is 0 Å². The number of benzene rings is 2. The summed E-state index contributed by atoms with van der Waals surface area (Å²) in [6, 6.07) is 16.2. The second kappa shape index (κ2) is 6.92. The van der Waals surface area contributed by atoms with Gasteiger partial charge in [0.15, 0.2) is 0 Å². The minimum absolute atomic E-state index is 0.0161. The van der Waals surface area contributed by atoms with Crippen LogP contribution in [0.5, 0.6) is 0 Å². The number of likely N-dealkylation sites (N-methyl/N-ethyl adjacent to an activating group) is 1. The Morgan fingerprint density at radius 2 is 1.80 bits per heavy atom. The molecule has 3 aromatic rings. The second-order valence-corrected chi connectivity index (χ2v) is 9.08. The molecular formula is C20H20N6O3S. The first-order chi connectivity index (χ1) is 14.4. The van der Waals surface area contributed by atoms with Crippen LogP contribution in [0.25, 0.3) is 5.69 Å². The third-order valence-corrected chi connectivity index (χ3v) is 6.81. The van der Waals surface area contributed by atoms with Gasteiger partial charge in [0.1, 0.15) is 4.90 Å². The molecule has 154 valence electrons. The lowest BCUT2D eigenvalue weighted by molar-refractivity contribution is 0.0486. The summed E-state index contributed by atoms with van der Waals surface area (Å²) in [4.78, 5) is 21.6. The minimum atomic E-state index is -3.76. The highest BCUT2D eigenvalue weighted by atomic mass is 32.2. The number of nitrogens with one attached hydrogen (secondary N) is 1. The van der Waals surface area contributed by atoms with Gasteiger partial charge in [-0.15, -0.1) is 5.10 Å². The lowest BCUT2D eigenvalue weighted by Gasteiger charge is -2.39. The number of rotatable bonds is 2. The smallest absolute Gasteiger partial charge is 0.294 e. The highest BCUT2D eigenvalue weighted by Crippen LogP contribution is 2.30. The molecule has 0 aliphatic carbocycles. The van der Waals surface area contributed by atoms with E-state index in [0.29, 0.717) is 18.8 Å². The van der Waals surface area contributed by atoms with Crippen LogP contribution in [0.1, 0.15) is 22.2 Å². The van der Waals surface area contributed by atoms with E-state index in [1.807, 2.05) is 37.4 Å². The van der Waals surface area contributed by atoms with Crippen molar-refractivity contribution in [2.45, 2.75) is 10.9 Å². The van der Waals surface area contributed by atoms with E-state index < -0.39 is 10.0 Å². The molecule has 2 aromatic carbocycles. The normalized spacial score (nSPS) is 20.2. The molecule has 1 N–H and O–H groups in total. The lowest BCUT2D eigenvalue weighted by Crippen LogP contribution is -2.49. The number of sulfonamides is 1. The van der Waals surface area contributed by atoms with Gasteiger partial charge in [-0.1, -0.05) is 42.5 Å². The Morgan fingerprint density at radius 3 is 2.60 bits per heavy atom. The number of fused-ring (bicyclic) bond motifs is 3. The summed E-state index contributed by atoms with van der Waals surface area (Å²) < 4.78 is 28.8. The Labute approximate surface area is 174 Å². The lowest BCUT2D eigenvalue weighted by atomic mass is 10.0. The second-order valence-electron chi connectivity index (χ2n) is 7.43. The molecule has 1 aromatic heterocycles. The molecule has 0 bridgehead atoms. The van der Waals surface area contributed by atoms with Crippen molar-refractivity contribution >= 4 is 21.9 Å². The van der Waals surface area contributed by atoms with Crippen molar-refractivity contribution in [2.24, 2.45) is 0 Å². The van der Waals surface area contributed by atoms with Gasteiger partial charge < -0.3 is 9.80 Å². The van der Waals surface area contributed by atoms with E-state index in [9.17, 15) is 13.2 Å². The van der Waals surface area contributed by atoms with Crippen molar-refractivity contribution in [3.63, 3.8) is 0 Å². The summed E-state index contributed by atoms with van der Waals surface area (Å²) in [5, 5.41) is 4.35. The minimum Gasteiger partial charge on any atom is -0.326 e. The van der Waals surface area contributed by atoms with Crippen LogP contribution in [-0.2, 0) is 10.0 Å². The molecule has 5 rings (SSSR count). The monoisotopic (exact) mass is 424 g/mol. The van der Waals surface area contributed by atoms with Crippen LogP contribution in [0.15, 0.2) is 59.5 Å². The van der Waals surface area contributed by atoms with Gasteiger partial charge in [0.2, 0.25) is 11.8 Å². The predicted octanol–water partition coefficient (Wildman–Crippen LogP) is 1.51. The molecule has 0 radical (unpaired) electrons. The number of para-hydroxylation sites is 1. The van der Waals surface area contributed by atoms with Gasteiger partial charge in [0, 0.05) is 19.6 Å². The molecule has 1 amide bonds. The van der Waals surface area contributed by atoms with Crippen LogP contribution in [-0.4, -0.2) is 65.6 Å². The van der Waals surface area contributed by atoms with Crippen molar-refractivity contribution < 1.29 is 13.2 Å². The third kappa shape index (κ3) is 3.04. The molecule has 2 aliphatic rings. The Hall–Kier alpha value is -3.24. The summed E-state index contributed by atoms with van der Waals surface area (Å²) in [5.41, 5.74) is 1.41. The Bertz CT molecular complexity index is 1220. The van der Waals surface area contributed by atoms with Crippen molar-refractivity contribution in [3.8, 4) is 5.69 Å². The van der Waals surface area contributed by atoms with Gasteiger partial charge in [0.05, 0.1) is 11.7 Å². The van der Waals surface area contributed by atoms with E-state index in [2.05, 4.69) is 19.7 Å². The first kappa shape index (κ1) is 18.8. The fourth-order valence-electron chi connectivity index (χ4n) is 3.92. The van der Waals surface area contributed by atoms with Crippen LogP contribution in [0.3, 0.4) is 0 Å². The first-order valence-corrected chi connectivity index (χ1v) is 11.1. The summed E-state index contributed by atoms with van der Waals surface area (Å²) in [7, 11) is -1.73. The number of nitrogens with zero attached hydrogens (tertiary/aromatic N) is 5. The van der Waals surface area contributed by atoms with Crippen molar-refractivity contribution in [3.05, 3.63) is 66.0 Å². The molecule has 0 saturated carbocycles. The summed E-state index contributed by atoms with van der Waals surface area (Å²) in [6.07, 6.45) is 0. The van der Waals surface area contributed by atoms with E-state index in [1.165, 1.54) is 10.7 Å². The van der Waals surface area contributed by atoms with E-state index in [0.717, 1.165) is 12.1 Å². The molecule has 1 fully saturated rings. The molecule has 30 heavy (non-hydrogen) atoms. The summed E-state index contributed by atoms with van der Waals surface area (Å²) in [5.74, 6) is -0.340. The zero-order chi connectivity index (χ0) is 20.9. The molecule has 3 heterocycles. The van der Waals surface area contributed by atoms with Crippen LogP contribution in [0.2, 0.25) is 0 Å². The molecule has 2 aliphatic heterocycles. The van der Waals surface area contributed by atoms with E-state index in [-0.39, 0.29) is 28.6 Å². The molecule has 1 saturated heterocycles. The first-order valence-electron chi connectivity index (χ1n) is 9.58. The van der Waals surface area contributed by atoms with Gasteiger partial charge in [-0.2, -0.15) is 9.67 Å². The number of carbonyl (C=O) groups excluding carboxylic acids is 1. The highest BCUT2D eigenvalue weighted by Gasteiger charge is 2.35. The summed E-state index contributed by atoms with van der Waals surface area (Å²) >= 11 is 0. The topological polar surface area (TPSA) is 100 Å². The highest BCUT2D eigenvalue weighted by molar-refractivity contribution is 7.92. The number of aromatic nitrogens is 3. The number of carbonyl (C=O) groups is 1. The van der Waals surface area contributed by atoms with Crippen LogP contribution >= 0.6 is 0 Å². The quantitative estimate of drug-likeness (QED) is 0.669. The largest absolute Gasteiger partial charge is 0.326 e. The maximum absolute atomic E-state index is 13.4. The fourth-order valence-corrected chi connectivity index (χ4v) is 5.09. The third-order valence-electron chi connectivity index (χ3n) is 5.44. The fraction of sp³-hybridized carbons (Fsp3) is 0.250. The van der Waals surface area contributed by atoms with Gasteiger partial charge in [0.25, 0.3) is 15.9 Å². The van der Waals surface area contributed by atoms with Crippen LogP contribution < -0.4 is 4.72 Å². The van der Waals surface area contributed by atoms with Crippen molar-refractivity contribution in [2.75, 3.05) is 31.4 Å². The maximum atomic E-state index is 13.4. The molecule has 1 atom stereocenters. The average molecular weight is 424 g/mol. The zero-order valence-corrected chi connectivity index (χ0v) is 17.1. The molecule has 1 unspecified atom stereocenters. The summed E-state index contributed by atoms with van der Waals surface area (Å²) in [6.45, 7) is 1.96. The number of amides is 1. The van der Waals surface area contributed by atoms with Gasteiger partial charge >= 0.3 is 0 Å². The SMILES string of the molecule is CN1CCN(C(=O)c2nc3n(n2)-c2ccccc2S(=O)(=O)N3)C(c2ccccc2)C1. The van der Waals surface area contributed by atoms with Crippen LogP contribution in [0, 0.1) is 0 Å². The molecule has 10 heteroatoms.